The minimum Gasteiger partial charge on any atom is -0.493 e. The molecule has 0 radical (unpaired) electrons. The van der Waals surface area contributed by atoms with Crippen molar-refractivity contribution < 1.29 is 52.8 Å². The van der Waals surface area contributed by atoms with Gasteiger partial charge in [0.15, 0.2) is 23.7 Å². The fourth-order valence-corrected chi connectivity index (χ4v) is 8.37. The Balaban J connectivity index is 1.12. The van der Waals surface area contributed by atoms with E-state index in [1.165, 1.54) is 13.8 Å². The van der Waals surface area contributed by atoms with Gasteiger partial charge in [-0.05, 0) is 102 Å². The van der Waals surface area contributed by atoms with Gasteiger partial charge in [0, 0.05) is 25.6 Å². The Morgan fingerprint density at radius 3 is 2.54 bits per heavy atom. The molecule has 52 heavy (non-hydrogen) atoms. The average Bonchev–Trinajstić information content (AvgIpc) is 3.42. The van der Waals surface area contributed by atoms with Gasteiger partial charge in [0.05, 0.1) is 24.5 Å². The van der Waals surface area contributed by atoms with Crippen molar-refractivity contribution in [1.82, 2.24) is 16.0 Å². The standard InChI is InChI=1S/C38H53N3O11/c1-21-13-16-37-30-24-11-12-27(48-7)31(30)51-32(37)28(14-17-38(37,47)25(21)20-24)50-34(45)22(2)49-29(43)15-19-39-33(44)26(41-23(3)42)10-8-9-18-40-35(46)52-36(4,5)6/h11-12,14,21-22,25-26,32,47H,8-10,13,15-20H2,1-7H3,(H,39,44)(H,40,46)(H,41,42)/t21?,22-,25-,26-,32-,37-,38+/m0/s1. The van der Waals surface area contributed by atoms with Gasteiger partial charge in [0.25, 0.3) is 0 Å². The molecule has 1 aromatic carbocycles. The van der Waals surface area contributed by atoms with Crippen LogP contribution in [0.1, 0.15) is 97.6 Å². The van der Waals surface area contributed by atoms with Crippen LogP contribution in [0.2, 0.25) is 0 Å². The fraction of sp³-hybridized carbons (Fsp3) is 0.658. The van der Waals surface area contributed by atoms with Crippen molar-refractivity contribution in [3.8, 4) is 11.5 Å². The number of carbonyl (C=O) groups is 5. The second-order valence-corrected chi connectivity index (χ2v) is 15.4. The number of methoxy groups -OCH3 is 1. The number of ether oxygens (including phenoxy) is 5. The second kappa shape index (κ2) is 15.3. The molecule has 3 aliphatic carbocycles. The predicted octanol–water partition coefficient (Wildman–Crippen LogP) is 3.50. The van der Waals surface area contributed by atoms with E-state index in [1.807, 2.05) is 12.1 Å². The van der Waals surface area contributed by atoms with Crippen molar-refractivity contribution in [2.75, 3.05) is 20.2 Å². The summed E-state index contributed by atoms with van der Waals surface area (Å²) in [5.74, 6) is -0.675. The van der Waals surface area contributed by atoms with Gasteiger partial charge >= 0.3 is 18.0 Å². The third-order valence-electron chi connectivity index (χ3n) is 10.7. The molecular weight excluding hydrogens is 674 g/mol. The number of carbonyl (C=O) groups excluding carboxylic acids is 5. The number of unbranched alkanes of at least 4 members (excludes halogenated alkanes) is 1. The largest absolute Gasteiger partial charge is 0.493 e. The monoisotopic (exact) mass is 727 g/mol. The molecule has 7 atom stereocenters. The number of nitrogens with one attached hydrogen (secondary N) is 3. The zero-order valence-electron chi connectivity index (χ0n) is 31.2. The number of benzene rings is 1. The van der Waals surface area contributed by atoms with Gasteiger partial charge in [0.2, 0.25) is 11.8 Å². The number of esters is 2. The van der Waals surface area contributed by atoms with Crippen LogP contribution in [0.5, 0.6) is 11.5 Å². The summed E-state index contributed by atoms with van der Waals surface area (Å²) in [6.07, 6.45) is 2.89. The minimum absolute atomic E-state index is 0.00898. The molecule has 0 aromatic heterocycles. The summed E-state index contributed by atoms with van der Waals surface area (Å²) in [7, 11) is 1.57. The molecule has 1 aromatic rings. The SMILES string of the molecule is COc1ccc2c3c1O[C@H]1C(OC(=O)[C@H](C)OC(=O)CCNC(=O)[C@H](CCCCNC(=O)OC(C)(C)C)NC(C)=O)=CC[C@@]4(O)[C@@H](C2)C(C)CC[C@]314. The van der Waals surface area contributed by atoms with Crippen molar-refractivity contribution in [3.05, 3.63) is 35.1 Å². The van der Waals surface area contributed by atoms with E-state index in [0.29, 0.717) is 49.6 Å². The predicted molar refractivity (Wildman–Crippen MR) is 187 cm³/mol. The van der Waals surface area contributed by atoms with Crippen LogP contribution in [0.3, 0.4) is 0 Å². The van der Waals surface area contributed by atoms with Crippen LogP contribution in [0, 0.1) is 11.8 Å². The molecule has 4 N–H and O–H groups in total. The van der Waals surface area contributed by atoms with Gasteiger partial charge in [0.1, 0.15) is 17.4 Å². The lowest BCUT2D eigenvalue weighted by Gasteiger charge is -2.61. The molecule has 286 valence electrons. The van der Waals surface area contributed by atoms with Crippen molar-refractivity contribution in [3.63, 3.8) is 0 Å². The molecule has 2 bridgehead atoms. The van der Waals surface area contributed by atoms with E-state index in [-0.39, 0.29) is 37.0 Å². The van der Waals surface area contributed by atoms with Gasteiger partial charge in [-0.25, -0.2) is 9.59 Å². The average molecular weight is 728 g/mol. The van der Waals surface area contributed by atoms with E-state index in [1.54, 1.807) is 34.0 Å². The molecule has 4 aliphatic rings. The maximum atomic E-state index is 13.3. The van der Waals surface area contributed by atoms with Crippen LogP contribution in [0.15, 0.2) is 24.0 Å². The Bertz CT molecular complexity index is 1600. The van der Waals surface area contributed by atoms with Gasteiger partial charge < -0.3 is 44.7 Å². The minimum atomic E-state index is -1.26. The lowest BCUT2D eigenvalue weighted by atomic mass is 9.45. The van der Waals surface area contributed by atoms with Gasteiger partial charge in [-0.3, -0.25) is 14.4 Å². The molecule has 0 saturated heterocycles. The Kier molecular flexibility index (Phi) is 11.5. The summed E-state index contributed by atoms with van der Waals surface area (Å²) in [4.78, 5) is 62.4. The van der Waals surface area contributed by atoms with Crippen molar-refractivity contribution >= 4 is 29.8 Å². The third-order valence-corrected chi connectivity index (χ3v) is 10.7. The van der Waals surface area contributed by atoms with Gasteiger partial charge in [-0.1, -0.05) is 13.0 Å². The Labute approximate surface area is 304 Å². The highest BCUT2D eigenvalue weighted by Crippen LogP contribution is 2.68. The number of alkyl carbamates (subject to hydrolysis) is 1. The maximum absolute atomic E-state index is 13.3. The summed E-state index contributed by atoms with van der Waals surface area (Å²) >= 11 is 0. The molecule has 14 heteroatoms. The summed E-state index contributed by atoms with van der Waals surface area (Å²) in [5.41, 5.74) is -0.466. The number of rotatable bonds is 14. The number of hydrogen-bond acceptors (Lipinski definition) is 11. The molecular formula is C38H53N3O11. The Hall–Kier alpha value is -4.33. The number of hydrogen-bond donors (Lipinski definition) is 4. The topological polar surface area (TPSA) is 188 Å². The summed E-state index contributed by atoms with van der Waals surface area (Å²) in [5, 5.41) is 20.3. The lowest BCUT2D eigenvalue weighted by Crippen LogP contribution is -2.69. The van der Waals surface area contributed by atoms with Crippen LogP contribution >= 0.6 is 0 Å². The molecule has 14 nitrogen and oxygen atoms in total. The Morgan fingerprint density at radius 1 is 1.10 bits per heavy atom. The maximum Gasteiger partial charge on any atom is 0.407 e. The van der Waals surface area contributed by atoms with Crippen LogP contribution in [0.4, 0.5) is 4.79 Å². The van der Waals surface area contributed by atoms with Crippen molar-refractivity contribution in [1.29, 1.82) is 0 Å². The van der Waals surface area contributed by atoms with Gasteiger partial charge in [-0.2, -0.15) is 0 Å². The highest BCUT2D eigenvalue weighted by molar-refractivity contribution is 5.87. The molecule has 1 spiro atoms. The van der Waals surface area contributed by atoms with Crippen LogP contribution in [-0.2, 0) is 45.2 Å². The molecule has 3 amide bonds. The fourth-order valence-electron chi connectivity index (χ4n) is 8.37. The normalized spacial score (nSPS) is 26.3. The first kappa shape index (κ1) is 38.9. The van der Waals surface area contributed by atoms with E-state index >= 15 is 0 Å². The third kappa shape index (κ3) is 7.72. The first-order valence-electron chi connectivity index (χ1n) is 18.2. The van der Waals surface area contributed by atoms with Crippen molar-refractivity contribution in [2.24, 2.45) is 11.8 Å². The molecule has 1 aliphatic heterocycles. The highest BCUT2D eigenvalue weighted by atomic mass is 16.6. The first-order chi connectivity index (χ1) is 24.5. The van der Waals surface area contributed by atoms with E-state index in [0.717, 1.165) is 24.0 Å². The second-order valence-electron chi connectivity index (χ2n) is 15.4. The molecule has 1 heterocycles. The summed E-state index contributed by atoms with van der Waals surface area (Å²) in [6, 6.07) is 3.08. The van der Waals surface area contributed by atoms with E-state index in [9.17, 15) is 29.1 Å². The van der Waals surface area contributed by atoms with Crippen LogP contribution in [0.25, 0.3) is 0 Å². The smallest absolute Gasteiger partial charge is 0.407 e. The van der Waals surface area contributed by atoms with Crippen molar-refractivity contribution in [2.45, 2.75) is 128 Å². The summed E-state index contributed by atoms with van der Waals surface area (Å²) < 4.78 is 28.6. The zero-order valence-corrected chi connectivity index (χ0v) is 31.2. The van der Waals surface area contributed by atoms with E-state index < -0.39 is 58.8 Å². The summed E-state index contributed by atoms with van der Waals surface area (Å²) in [6.45, 7) is 10.4. The van der Waals surface area contributed by atoms with Crippen LogP contribution < -0.4 is 25.4 Å². The van der Waals surface area contributed by atoms with E-state index in [2.05, 4.69) is 22.9 Å². The lowest BCUT2D eigenvalue weighted by molar-refractivity contribution is -0.176. The molecule has 1 saturated carbocycles. The number of aliphatic hydroxyl groups is 1. The zero-order chi connectivity index (χ0) is 38.0. The quantitative estimate of drug-likeness (QED) is 0.125. The highest BCUT2D eigenvalue weighted by Gasteiger charge is 2.72. The molecule has 1 fully saturated rings. The molecule has 5 rings (SSSR count). The van der Waals surface area contributed by atoms with Gasteiger partial charge in [-0.15, -0.1) is 0 Å². The van der Waals surface area contributed by atoms with E-state index in [4.69, 9.17) is 23.7 Å². The first-order valence-corrected chi connectivity index (χ1v) is 18.2. The van der Waals surface area contributed by atoms with Crippen LogP contribution in [-0.4, -0.2) is 84.6 Å². The molecule has 1 unspecified atom stereocenters. The number of amides is 3. The Morgan fingerprint density at radius 2 is 1.85 bits per heavy atom.